The van der Waals surface area contributed by atoms with E-state index in [1.54, 1.807) is 28.4 Å². The summed E-state index contributed by atoms with van der Waals surface area (Å²) in [6, 6.07) is 10.6. The van der Waals surface area contributed by atoms with Crippen LogP contribution in [0.15, 0.2) is 41.8 Å². The molecule has 1 N–H and O–H groups in total. The van der Waals surface area contributed by atoms with Gasteiger partial charge in [0.25, 0.3) is 0 Å². The highest BCUT2D eigenvalue weighted by Crippen LogP contribution is 2.25. The number of urea groups is 1. The van der Waals surface area contributed by atoms with E-state index in [0.29, 0.717) is 25.2 Å². The number of halogens is 1. The Labute approximate surface area is 164 Å². The maximum atomic E-state index is 14.2. The molecule has 146 valence electrons. The molecule has 1 aromatic heterocycles. The third-order valence-corrected chi connectivity index (χ3v) is 5.81. The highest BCUT2D eigenvalue weighted by Gasteiger charge is 2.27. The highest BCUT2D eigenvalue weighted by molar-refractivity contribution is 7.09. The molecule has 1 atom stereocenters. The van der Waals surface area contributed by atoms with Crippen LogP contribution in [0.4, 0.5) is 9.18 Å². The molecular weight excluding hydrogens is 363 g/mol. The molecule has 1 fully saturated rings. The molecule has 1 aliphatic heterocycles. The Morgan fingerprint density at radius 3 is 2.81 bits per heavy atom. The van der Waals surface area contributed by atoms with Crippen molar-refractivity contribution in [2.24, 2.45) is 0 Å². The summed E-state index contributed by atoms with van der Waals surface area (Å²) >= 11 is 1.64. The normalized spacial score (nSPS) is 17.1. The quantitative estimate of drug-likeness (QED) is 0.753. The van der Waals surface area contributed by atoms with Crippen LogP contribution in [0.1, 0.15) is 37.1 Å². The molecule has 1 unspecified atom stereocenters. The third kappa shape index (κ3) is 5.30. The summed E-state index contributed by atoms with van der Waals surface area (Å²) in [5.41, 5.74) is 0.105. The van der Waals surface area contributed by atoms with Gasteiger partial charge in [-0.1, -0.05) is 38.1 Å². The first-order valence-corrected chi connectivity index (χ1v) is 10.3. The number of carbonyl (C=O) groups is 1. The first-order chi connectivity index (χ1) is 13.0. The predicted molar refractivity (Wildman–Crippen MR) is 107 cm³/mol. The van der Waals surface area contributed by atoms with Crippen molar-refractivity contribution in [3.05, 3.63) is 58.0 Å². The number of carbonyl (C=O) groups excluding carboxylic acids is 1. The number of thiophene rings is 1. The van der Waals surface area contributed by atoms with Crippen LogP contribution in [0.3, 0.4) is 0 Å². The van der Waals surface area contributed by atoms with Gasteiger partial charge in [-0.3, -0.25) is 0 Å². The van der Waals surface area contributed by atoms with Gasteiger partial charge in [0, 0.05) is 30.0 Å². The Morgan fingerprint density at radius 1 is 1.33 bits per heavy atom. The van der Waals surface area contributed by atoms with E-state index in [1.165, 1.54) is 6.07 Å². The average molecular weight is 391 g/mol. The molecule has 1 aliphatic rings. The maximum Gasteiger partial charge on any atom is 0.317 e. The van der Waals surface area contributed by atoms with Gasteiger partial charge in [0.2, 0.25) is 0 Å². The van der Waals surface area contributed by atoms with Crippen molar-refractivity contribution >= 4 is 17.4 Å². The van der Waals surface area contributed by atoms with Gasteiger partial charge in [-0.15, -0.1) is 11.3 Å². The molecule has 2 aromatic rings. The van der Waals surface area contributed by atoms with Crippen molar-refractivity contribution in [3.63, 3.8) is 0 Å². The van der Waals surface area contributed by atoms with Crippen molar-refractivity contribution in [1.82, 2.24) is 10.2 Å². The molecule has 2 amide bonds. The zero-order valence-corrected chi connectivity index (χ0v) is 16.7. The van der Waals surface area contributed by atoms with E-state index in [-0.39, 0.29) is 18.0 Å². The van der Waals surface area contributed by atoms with Crippen LogP contribution >= 0.6 is 11.3 Å². The number of hydrogen-bond donors (Lipinski definition) is 1. The lowest BCUT2D eigenvalue weighted by molar-refractivity contribution is 0.0795. The van der Waals surface area contributed by atoms with Crippen LogP contribution in [-0.4, -0.2) is 36.7 Å². The molecule has 0 radical (unpaired) electrons. The molecule has 0 spiro atoms. The summed E-state index contributed by atoms with van der Waals surface area (Å²) in [4.78, 5) is 15.8. The molecule has 3 rings (SSSR count). The van der Waals surface area contributed by atoms with Crippen LogP contribution < -0.4 is 5.32 Å². The lowest BCUT2D eigenvalue weighted by Crippen LogP contribution is -2.46. The molecule has 0 bridgehead atoms. The Hall–Kier alpha value is -1.92. The summed E-state index contributed by atoms with van der Waals surface area (Å²) in [6.45, 7) is 6.14. The molecule has 2 heterocycles. The zero-order valence-electron chi connectivity index (χ0n) is 15.9. The summed E-state index contributed by atoms with van der Waals surface area (Å²) < 4.78 is 19.9. The van der Waals surface area contributed by atoms with Crippen molar-refractivity contribution in [2.75, 3.05) is 19.7 Å². The topological polar surface area (TPSA) is 41.6 Å². The van der Waals surface area contributed by atoms with E-state index >= 15 is 0 Å². The minimum atomic E-state index is -0.501. The summed E-state index contributed by atoms with van der Waals surface area (Å²) in [7, 11) is 0. The number of nitrogens with one attached hydrogen (secondary N) is 1. The van der Waals surface area contributed by atoms with E-state index in [2.05, 4.69) is 5.32 Å². The number of ether oxygens (including phenoxy) is 1. The van der Waals surface area contributed by atoms with Crippen LogP contribution in [0.5, 0.6) is 0 Å². The summed E-state index contributed by atoms with van der Waals surface area (Å²) in [6.07, 6.45) is 2.12. The van der Waals surface area contributed by atoms with Gasteiger partial charge in [-0.05, 0) is 35.9 Å². The standard InChI is InChI=1S/C21H27FN2O2S/c1-21(2,18-9-3-4-10-19(18)22)15-23-20(25)24(13-16-7-5-11-26-16)14-17-8-6-12-27-17/h3-4,6,8-10,12,16H,5,7,11,13-15H2,1-2H3,(H,23,25). The Bertz CT molecular complexity index is 742. The molecule has 0 saturated carbocycles. The fourth-order valence-corrected chi connectivity index (χ4v) is 4.08. The van der Waals surface area contributed by atoms with Gasteiger partial charge in [0.05, 0.1) is 12.6 Å². The number of rotatable bonds is 7. The summed E-state index contributed by atoms with van der Waals surface area (Å²) in [5, 5.41) is 5.02. The van der Waals surface area contributed by atoms with Crippen LogP contribution in [-0.2, 0) is 16.7 Å². The van der Waals surface area contributed by atoms with Crippen molar-refractivity contribution in [3.8, 4) is 0 Å². The Kier molecular flexibility index (Phi) is 6.50. The van der Waals surface area contributed by atoms with Gasteiger partial charge in [-0.2, -0.15) is 0 Å². The molecular formula is C21H27FN2O2S. The van der Waals surface area contributed by atoms with Crippen molar-refractivity contribution in [1.29, 1.82) is 0 Å². The number of nitrogens with zero attached hydrogens (tertiary/aromatic N) is 1. The van der Waals surface area contributed by atoms with Crippen LogP contribution in [0, 0.1) is 5.82 Å². The number of amides is 2. The lowest BCUT2D eigenvalue weighted by Gasteiger charge is -2.30. The first kappa shape index (κ1) is 19.8. The predicted octanol–water partition coefficient (Wildman–Crippen LogP) is 4.56. The minimum absolute atomic E-state index is 0.0929. The van der Waals surface area contributed by atoms with Crippen molar-refractivity contribution in [2.45, 2.75) is 44.8 Å². The van der Waals surface area contributed by atoms with Crippen LogP contribution in [0.2, 0.25) is 0 Å². The molecule has 6 heteroatoms. The average Bonchev–Trinajstić information content (AvgIpc) is 3.33. The van der Waals surface area contributed by atoms with Gasteiger partial charge in [-0.25, -0.2) is 9.18 Å². The maximum absolute atomic E-state index is 14.2. The Balaban J connectivity index is 1.65. The molecule has 1 aromatic carbocycles. The monoisotopic (exact) mass is 390 g/mol. The SMILES string of the molecule is CC(C)(CNC(=O)N(Cc1cccs1)CC1CCCO1)c1ccccc1F. The minimum Gasteiger partial charge on any atom is -0.376 e. The second-order valence-electron chi connectivity index (χ2n) is 7.62. The van der Waals surface area contributed by atoms with Gasteiger partial charge >= 0.3 is 6.03 Å². The fraction of sp³-hybridized carbons (Fsp3) is 0.476. The van der Waals surface area contributed by atoms with Crippen LogP contribution in [0.25, 0.3) is 0 Å². The second kappa shape index (κ2) is 8.85. The van der Waals surface area contributed by atoms with E-state index in [0.717, 1.165) is 24.3 Å². The molecule has 0 aliphatic carbocycles. The first-order valence-electron chi connectivity index (χ1n) is 9.37. The molecule has 4 nitrogen and oxygen atoms in total. The van der Waals surface area contributed by atoms with E-state index in [4.69, 9.17) is 4.74 Å². The largest absolute Gasteiger partial charge is 0.376 e. The zero-order chi connectivity index (χ0) is 19.3. The smallest absolute Gasteiger partial charge is 0.317 e. The van der Waals surface area contributed by atoms with Gasteiger partial charge < -0.3 is 15.0 Å². The number of hydrogen-bond acceptors (Lipinski definition) is 3. The van der Waals surface area contributed by atoms with E-state index < -0.39 is 5.41 Å². The lowest BCUT2D eigenvalue weighted by atomic mass is 9.84. The van der Waals surface area contributed by atoms with Gasteiger partial charge in [0.15, 0.2) is 0 Å². The second-order valence-corrected chi connectivity index (χ2v) is 8.65. The Morgan fingerprint density at radius 2 is 2.15 bits per heavy atom. The molecule has 1 saturated heterocycles. The van der Waals surface area contributed by atoms with E-state index in [1.807, 2.05) is 37.4 Å². The number of benzene rings is 1. The molecule has 27 heavy (non-hydrogen) atoms. The van der Waals surface area contributed by atoms with E-state index in [9.17, 15) is 9.18 Å². The van der Waals surface area contributed by atoms with Crippen molar-refractivity contribution < 1.29 is 13.9 Å². The summed E-state index contributed by atoms with van der Waals surface area (Å²) in [5.74, 6) is -0.244. The fourth-order valence-electron chi connectivity index (χ4n) is 3.36. The third-order valence-electron chi connectivity index (χ3n) is 4.95. The van der Waals surface area contributed by atoms with Gasteiger partial charge in [0.1, 0.15) is 5.82 Å². The highest BCUT2D eigenvalue weighted by atomic mass is 32.1.